The number of rotatable bonds is 9. The molecule has 0 rings (SSSR count). The number of Topliss-reactive ketones (excluding diaryl/α,β-unsaturated/α-hetero) is 1. The van der Waals surface area contributed by atoms with E-state index in [2.05, 4.69) is 19.0 Å². The van der Waals surface area contributed by atoms with Gasteiger partial charge in [-0.2, -0.15) is 0 Å². The molecule has 0 saturated carbocycles. The minimum absolute atomic E-state index is 0.0158. The van der Waals surface area contributed by atoms with Gasteiger partial charge in [-0.05, 0) is 19.3 Å². The van der Waals surface area contributed by atoms with E-state index in [1.807, 2.05) is 0 Å². The van der Waals surface area contributed by atoms with Crippen LogP contribution in [0.3, 0.4) is 0 Å². The fourth-order valence-electron chi connectivity index (χ4n) is 1.47. The van der Waals surface area contributed by atoms with Crippen molar-refractivity contribution in [3.8, 4) is 0 Å². The highest BCUT2D eigenvalue weighted by Crippen LogP contribution is 2.06. The molecule has 0 atom stereocenters. The van der Waals surface area contributed by atoms with Gasteiger partial charge in [-0.25, -0.2) is 0 Å². The van der Waals surface area contributed by atoms with E-state index in [1.54, 1.807) is 0 Å². The first-order chi connectivity index (χ1) is 7.26. The molecule has 0 aliphatic carbocycles. The fourth-order valence-corrected chi connectivity index (χ4v) is 1.47. The van der Waals surface area contributed by atoms with Gasteiger partial charge >= 0.3 is 0 Å². The Morgan fingerprint density at radius 1 is 1.00 bits per heavy atom. The monoisotopic (exact) mass is 213 g/mol. The lowest BCUT2D eigenvalue weighted by Crippen LogP contribution is -2.13. The van der Waals surface area contributed by atoms with Crippen LogP contribution < -0.4 is 0 Å². The zero-order valence-corrected chi connectivity index (χ0v) is 9.96. The second kappa shape index (κ2) is 9.69. The summed E-state index contributed by atoms with van der Waals surface area (Å²) in [6.45, 7) is 4.21. The molecule has 0 fully saturated rings. The highest BCUT2D eigenvalue weighted by atomic mass is 16.4. The third kappa shape index (κ3) is 7.11. The lowest BCUT2D eigenvalue weighted by molar-refractivity contribution is -0.113. The summed E-state index contributed by atoms with van der Waals surface area (Å²) in [4.78, 5) is 11.6. The normalized spacial score (nSPS) is 11.7. The number of carbonyl (C=O) groups is 1. The van der Waals surface area contributed by atoms with E-state index >= 15 is 0 Å². The van der Waals surface area contributed by atoms with Crippen molar-refractivity contribution < 1.29 is 10.0 Å². The molecular weight excluding hydrogens is 190 g/mol. The quantitative estimate of drug-likeness (QED) is 0.275. The van der Waals surface area contributed by atoms with E-state index in [1.165, 1.54) is 0 Å². The van der Waals surface area contributed by atoms with Crippen molar-refractivity contribution in [1.82, 2.24) is 0 Å². The molecule has 88 valence electrons. The average Bonchev–Trinajstić information content (AvgIpc) is 2.24. The van der Waals surface area contributed by atoms with Crippen molar-refractivity contribution in [3.05, 3.63) is 0 Å². The van der Waals surface area contributed by atoms with Gasteiger partial charge < -0.3 is 5.21 Å². The predicted molar refractivity (Wildman–Crippen MR) is 62.5 cm³/mol. The second-order valence-electron chi connectivity index (χ2n) is 3.88. The Hall–Kier alpha value is -0.860. The molecule has 1 N–H and O–H groups in total. The van der Waals surface area contributed by atoms with Crippen LogP contribution in [0, 0.1) is 0 Å². The predicted octanol–water partition coefficient (Wildman–Crippen LogP) is 3.55. The number of hydrogen-bond acceptors (Lipinski definition) is 3. The SMILES string of the molecule is CCCCCC(=O)C(CCCCC)=NO. The molecule has 0 unspecified atom stereocenters. The molecule has 15 heavy (non-hydrogen) atoms. The van der Waals surface area contributed by atoms with Crippen LogP contribution >= 0.6 is 0 Å². The number of ketones is 1. The van der Waals surface area contributed by atoms with Crippen LogP contribution in [0.15, 0.2) is 5.16 Å². The summed E-state index contributed by atoms with van der Waals surface area (Å²) in [6.07, 6.45) is 7.37. The number of hydrogen-bond donors (Lipinski definition) is 1. The van der Waals surface area contributed by atoms with Crippen molar-refractivity contribution in [1.29, 1.82) is 0 Å². The Kier molecular flexibility index (Phi) is 9.13. The highest BCUT2D eigenvalue weighted by Gasteiger charge is 2.10. The maximum Gasteiger partial charge on any atom is 0.180 e. The van der Waals surface area contributed by atoms with Gasteiger partial charge in [0.1, 0.15) is 5.71 Å². The molecule has 0 aliphatic rings. The Balaban J connectivity index is 3.79. The van der Waals surface area contributed by atoms with Crippen molar-refractivity contribution in [2.75, 3.05) is 0 Å². The third-order valence-electron chi connectivity index (χ3n) is 2.47. The molecule has 0 aromatic heterocycles. The van der Waals surface area contributed by atoms with E-state index in [4.69, 9.17) is 5.21 Å². The van der Waals surface area contributed by atoms with E-state index in [-0.39, 0.29) is 5.78 Å². The largest absolute Gasteiger partial charge is 0.411 e. The Morgan fingerprint density at radius 3 is 2.00 bits per heavy atom. The molecule has 0 aliphatic heterocycles. The van der Waals surface area contributed by atoms with Crippen LogP contribution in [0.25, 0.3) is 0 Å². The molecule has 0 heterocycles. The van der Waals surface area contributed by atoms with Crippen molar-refractivity contribution in [3.63, 3.8) is 0 Å². The van der Waals surface area contributed by atoms with E-state index in [0.29, 0.717) is 18.6 Å². The first kappa shape index (κ1) is 14.1. The number of unbranched alkanes of at least 4 members (excludes halogenated alkanes) is 4. The molecular formula is C12H23NO2. The van der Waals surface area contributed by atoms with Gasteiger partial charge in [0.25, 0.3) is 0 Å². The Bertz CT molecular complexity index is 200. The Morgan fingerprint density at radius 2 is 1.53 bits per heavy atom. The summed E-state index contributed by atoms with van der Waals surface area (Å²) in [7, 11) is 0. The molecule has 0 aromatic rings. The molecule has 3 heteroatoms. The summed E-state index contributed by atoms with van der Waals surface area (Å²) in [5, 5.41) is 11.8. The van der Waals surface area contributed by atoms with E-state index in [9.17, 15) is 4.79 Å². The van der Waals surface area contributed by atoms with Gasteiger partial charge in [0.2, 0.25) is 0 Å². The van der Waals surface area contributed by atoms with Crippen LogP contribution in [0.5, 0.6) is 0 Å². The van der Waals surface area contributed by atoms with Gasteiger partial charge in [0.15, 0.2) is 5.78 Å². The molecule has 0 radical (unpaired) electrons. The van der Waals surface area contributed by atoms with Gasteiger partial charge in [-0.15, -0.1) is 0 Å². The van der Waals surface area contributed by atoms with Crippen LogP contribution in [-0.4, -0.2) is 16.7 Å². The summed E-state index contributed by atoms with van der Waals surface area (Å²) >= 11 is 0. The maximum atomic E-state index is 11.6. The zero-order valence-electron chi connectivity index (χ0n) is 9.96. The molecule has 0 spiro atoms. The number of nitrogens with zero attached hydrogens (tertiary/aromatic N) is 1. The standard InChI is InChI=1S/C12H23NO2/c1-3-5-7-9-11(13-15)12(14)10-8-6-4-2/h15H,3-10H2,1-2H3. The van der Waals surface area contributed by atoms with Gasteiger partial charge in [0.05, 0.1) is 0 Å². The number of carbonyl (C=O) groups excluding carboxylic acids is 1. The van der Waals surface area contributed by atoms with E-state index < -0.39 is 0 Å². The summed E-state index contributed by atoms with van der Waals surface area (Å²) in [5.74, 6) is 0.0158. The average molecular weight is 213 g/mol. The first-order valence-electron chi connectivity index (χ1n) is 6.00. The van der Waals surface area contributed by atoms with E-state index in [0.717, 1.165) is 38.5 Å². The van der Waals surface area contributed by atoms with Crippen molar-refractivity contribution >= 4 is 11.5 Å². The minimum Gasteiger partial charge on any atom is -0.411 e. The summed E-state index contributed by atoms with van der Waals surface area (Å²) < 4.78 is 0. The smallest absolute Gasteiger partial charge is 0.180 e. The maximum absolute atomic E-state index is 11.6. The van der Waals surface area contributed by atoms with Crippen LogP contribution in [0.1, 0.15) is 65.2 Å². The lowest BCUT2D eigenvalue weighted by atomic mass is 10.0. The van der Waals surface area contributed by atoms with Gasteiger partial charge in [0, 0.05) is 6.42 Å². The van der Waals surface area contributed by atoms with Gasteiger partial charge in [-0.3, -0.25) is 4.79 Å². The summed E-state index contributed by atoms with van der Waals surface area (Å²) in [5.41, 5.74) is 0.361. The fraction of sp³-hybridized carbons (Fsp3) is 0.833. The van der Waals surface area contributed by atoms with Crippen LogP contribution in [0.2, 0.25) is 0 Å². The first-order valence-corrected chi connectivity index (χ1v) is 6.00. The van der Waals surface area contributed by atoms with Crippen LogP contribution in [-0.2, 0) is 4.79 Å². The van der Waals surface area contributed by atoms with Gasteiger partial charge in [-0.1, -0.05) is 44.7 Å². The third-order valence-corrected chi connectivity index (χ3v) is 2.47. The van der Waals surface area contributed by atoms with Crippen molar-refractivity contribution in [2.24, 2.45) is 5.16 Å². The molecule has 0 bridgehead atoms. The highest BCUT2D eigenvalue weighted by molar-refractivity contribution is 6.39. The molecule has 3 nitrogen and oxygen atoms in total. The second-order valence-corrected chi connectivity index (χ2v) is 3.88. The lowest BCUT2D eigenvalue weighted by Gasteiger charge is -2.02. The Labute approximate surface area is 92.6 Å². The van der Waals surface area contributed by atoms with Crippen molar-refractivity contribution in [2.45, 2.75) is 65.2 Å². The molecule has 0 saturated heterocycles. The number of oxime groups is 1. The topological polar surface area (TPSA) is 49.7 Å². The molecule has 0 aromatic carbocycles. The zero-order chi connectivity index (χ0) is 11.5. The summed E-state index contributed by atoms with van der Waals surface area (Å²) in [6, 6.07) is 0. The van der Waals surface area contributed by atoms with Crippen LogP contribution in [0.4, 0.5) is 0 Å². The minimum atomic E-state index is 0.0158. The molecule has 0 amide bonds.